The van der Waals surface area contributed by atoms with E-state index >= 15 is 0 Å². The number of ether oxygens (including phenoxy) is 1. The van der Waals surface area contributed by atoms with E-state index in [1.165, 1.54) is 18.4 Å². The van der Waals surface area contributed by atoms with Gasteiger partial charge >= 0.3 is 12.1 Å². The Bertz CT molecular complexity index is 711. The average molecular weight is 428 g/mol. The molecule has 3 aliphatic rings. The van der Waals surface area contributed by atoms with Gasteiger partial charge in [-0.15, -0.1) is 0 Å². The van der Waals surface area contributed by atoms with E-state index in [-0.39, 0.29) is 12.0 Å². The standard InChI is InChI=1S/C19H26N2O2.C2HF3O2/c22-19(20-10-14-6-7-14)9-17-8-16-12-21(13-18(16)23-17)11-15-4-2-1-3-5-15;3-2(4,5)1(6)7/h1-5,14,16-18H,6-13H2,(H,20,22);(H,6,7)/t16-,17+,18+;/m0./s1. The van der Waals surface area contributed by atoms with Gasteiger partial charge in [0.25, 0.3) is 0 Å². The molecular formula is C21H27F3N2O4. The number of alkyl halides is 3. The monoisotopic (exact) mass is 428 g/mol. The lowest BCUT2D eigenvalue weighted by molar-refractivity contribution is -0.192. The Morgan fingerprint density at radius 2 is 1.83 bits per heavy atom. The number of carbonyl (C=O) groups is 2. The minimum atomic E-state index is -5.08. The molecule has 1 amide bonds. The Balaban J connectivity index is 0.000000318. The summed E-state index contributed by atoms with van der Waals surface area (Å²) in [4.78, 5) is 23.3. The highest BCUT2D eigenvalue weighted by atomic mass is 19.4. The number of carboxylic acids is 1. The predicted octanol–water partition coefficient (Wildman–Crippen LogP) is 2.83. The summed E-state index contributed by atoms with van der Waals surface area (Å²) in [5.74, 6) is -1.25. The van der Waals surface area contributed by atoms with Crippen molar-refractivity contribution >= 4 is 11.9 Å². The lowest BCUT2D eigenvalue weighted by Gasteiger charge is -2.19. The van der Waals surface area contributed by atoms with Crippen LogP contribution in [0.15, 0.2) is 30.3 Å². The Morgan fingerprint density at radius 1 is 1.17 bits per heavy atom. The molecule has 3 atom stereocenters. The fraction of sp³-hybridized carbons (Fsp3) is 0.619. The Hall–Kier alpha value is -2.13. The average Bonchev–Trinajstić information content (AvgIpc) is 3.33. The van der Waals surface area contributed by atoms with Crippen molar-refractivity contribution in [2.24, 2.45) is 11.8 Å². The Kier molecular flexibility index (Phi) is 7.36. The van der Waals surface area contributed by atoms with Gasteiger partial charge in [-0.25, -0.2) is 4.79 Å². The maximum absolute atomic E-state index is 12.0. The lowest BCUT2D eigenvalue weighted by atomic mass is 10.0. The molecule has 1 aromatic rings. The molecule has 1 aliphatic carbocycles. The fourth-order valence-electron chi connectivity index (χ4n) is 3.91. The minimum absolute atomic E-state index is 0.128. The molecule has 30 heavy (non-hydrogen) atoms. The minimum Gasteiger partial charge on any atom is -0.475 e. The number of carbonyl (C=O) groups excluding carboxylic acids is 1. The van der Waals surface area contributed by atoms with Gasteiger partial charge in [0.05, 0.1) is 18.6 Å². The molecule has 0 radical (unpaired) electrons. The van der Waals surface area contributed by atoms with Crippen LogP contribution in [0.2, 0.25) is 0 Å². The number of likely N-dealkylation sites (tertiary alicyclic amines) is 1. The molecule has 2 saturated heterocycles. The molecule has 0 spiro atoms. The second kappa shape index (κ2) is 9.78. The number of nitrogens with one attached hydrogen (secondary N) is 1. The van der Waals surface area contributed by atoms with E-state index in [1.807, 2.05) is 0 Å². The number of carboxylic acid groups (broad SMARTS) is 1. The predicted molar refractivity (Wildman–Crippen MR) is 103 cm³/mol. The molecule has 0 bridgehead atoms. The molecule has 1 aromatic carbocycles. The third-order valence-electron chi connectivity index (χ3n) is 5.58. The van der Waals surface area contributed by atoms with Crippen molar-refractivity contribution in [3.63, 3.8) is 0 Å². The van der Waals surface area contributed by atoms with E-state index in [9.17, 15) is 18.0 Å². The summed E-state index contributed by atoms with van der Waals surface area (Å²) in [6.07, 6.45) is -0.503. The van der Waals surface area contributed by atoms with Gasteiger partial charge in [-0.1, -0.05) is 30.3 Å². The normalized spacial score (nSPS) is 25.9. The third-order valence-corrected chi connectivity index (χ3v) is 5.58. The largest absolute Gasteiger partial charge is 0.490 e. The molecule has 6 nitrogen and oxygen atoms in total. The molecule has 0 aromatic heterocycles. The van der Waals surface area contributed by atoms with E-state index in [0.29, 0.717) is 18.4 Å². The summed E-state index contributed by atoms with van der Waals surface area (Å²) in [6.45, 7) is 3.96. The van der Waals surface area contributed by atoms with Crippen LogP contribution in [0.4, 0.5) is 13.2 Å². The molecule has 1 saturated carbocycles. The molecule has 0 unspecified atom stereocenters. The highest BCUT2D eigenvalue weighted by molar-refractivity contribution is 5.76. The summed E-state index contributed by atoms with van der Waals surface area (Å²) < 4.78 is 37.9. The molecule has 2 heterocycles. The number of halogens is 3. The number of fused-ring (bicyclic) bond motifs is 1. The van der Waals surface area contributed by atoms with Crippen molar-refractivity contribution in [3.8, 4) is 0 Å². The first-order valence-electron chi connectivity index (χ1n) is 10.2. The first kappa shape index (κ1) is 22.6. The van der Waals surface area contributed by atoms with E-state index in [1.54, 1.807) is 0 Å². The summed E-state index contributed by atoms with van der Waals surface area (Å²) in [5, 5.41) is 10.2. The van der Waals surface area contributed by atoms with Crippen LogP contribution < -0.4 is 5.32 Å². The number of hydrogen-bond acceptors (Lipinski definition) is 4. The number of aliphatic carboxylic acids is 1. The van der Waals surface area contributed by atoms with Crippen LogP contribution in [0.1, 0.15) is 31.2 Å². The summed E-state index contributed by atoms with van der Waals surface area (Å²) in [5.41, 5.74) is 1.36. The zero-order valence-corrected chi connectivity index (χ0v) is 16.6. The SMILES string of the molecule is O=C(C[C@H]1C[C@H]2CN(Cc3ccccc3)C[C@H]2O1)NCC1CC1.O=C(O)C(F)(F)F. The van der Waals surface area contributed by atoms with E-state index in [0.717, 1.165) is 38.5 Å². The number of rotatable bonds is 6. The summed E-state index contributed by atoms with van der Waals surface area (Å²) in [6, 6.07) is 10.6. The van der Waals surface area contributed by atoms with Crippen LogP contribution in [-0.4, -0.2) is 59.9 Å². The van der Waals surface area contributed by atoms with Gasteiger partial charge in [0, 0.05) is 32.1 Å². The highest BCUT2D eigenvalue weighted by Crippen LogP contribution is 2.35. The zero-order chi connectivity index (χ0) is 21.7. The molecule has 2 aliphatic heterocycles. The molecule has 3 fully saturated rings. The zero-order valence-electron chi connectivity index (χ0n) is 16.6. The summed E-state index contributed by atoms with van der Waals surface area (Å²) >= 11 is 0. The maximum atomic E-state index is 12.0. The van der Waals surface area contributed by atoms with Gasteiger partial charge < -0.3 is 15.2 Å². The number of nitrogens with zero attached hydrogens (tertiary/aromatic N) is 1. The van der Waals surface area contributed by atoms with Crippen molar-refractivity contribution in [2.45, 2.75) is 50.6 Å². The first-order valence-corrected chi connectivity index (χ1v) is 10.2. The van der Waals surface area contributed by atoms with Crippen LogP contribution in [-0.2, 0) is 20.9 Å². The van der Waals surface area contributed by atoms with E-state index in [4.69, 9.17) is 14.6 Å². The topological polar surface area (TPSA) is 78.9 Å². The van der Waals surface area contributed by atoms with Crippen molar-refractivity contribution < 1.29 is 32.6 Å². The van der Waals surface area contributed by atoms with Crippen LogP contribution in [0, 0.1) is 11.8 Å². The maximum Gasteiger partial charge on any atom is 0.490 e. The lowest BCUT2D eigenvalue weighted by Crippen LogP contribution is -2.30. The van der Waals surface area contributed by atoms with Crippen molar-refractivity contribution in [3.05, 3.63) is 35.9 Å². The van der Waals surface area contributed by atoms with Gasteiger partial charge in [-0.3, -0.25) is 9.69 Å². The van der Waals surface area contributed by atoms with Crippen LogP contribution >= 0.6 is 0 Å². The van der Waals surface area contributed by atoms with Gasteiger partial charge in [0.2, 0.25) is 5.91 Å². The van der Waals surface area contributed by atoms with Crippen molar-refractivity contribution in [2.75, 3.05) is 19.6 Å². The second-order valence-electron chi connectivity index (χ2n) is 8.23. The smallest absolute Gasteiger partial charge is 0.475 e. The summed E-state index contributed by atoms with van der Waals surface area (Å²) in [7, 11) is 0. The highest BCUT2D eigenvalue weighted by Gasteiger charge is 2.42. The van der Waals surface area contributed by atoms with Crippen LogP contribution in [0.5, 0.6) is 0 Å². The van der Waals surface area contributed by atoms with Crippen LogP contribution in [0.3, 0.4) is 0 Å². The number of benzene rings is 1. The second-order valence-corrected chi connectivity index (χ2v) is 8.23. The third kappa shape index (κ3) is 6.98. The number of hydrogen-bond donors (Lipinski definition) is 2. The van der Waals surface area contributed by atoms with Crippen LogP contribution in [0.25, 0.3) is 0 Å². The Labute approximate surface area is 173 Å². The Morgan fingerprint density at radius 3 is 2.40 bits per heavy atom. The van der Waals surface area contributed by atoms with Crippen molar-refractivity contribution in [1.82, 2.24) is 10.2 Å². The van der Waals surface area contributed by atoms with E-state index < -0.39 is 12.1 Å². The number of amides is 1. The first-order chi connectivity index (χ1) is 14.2. The van der Waals surface area contributed by atoms with Gasteiger partial charge in [-0.2, -0.15) is 13.2 Å². The van der Waals surface area contributed by atoms with E-state index in [2.05, 4.69) is 40.5 Å². The van der Waals surface area contributed by atoms with Crippen molar-refractivity contribution in [1.29, 1.82) is 0 Å². The fourth-order valence-corrected chi connectivity index (χ4v) is 3.91. The molecule has 166 valence electrons. The van der Waals surface area contributed by atoms with Gasteiger partial charge in [0.1, 0.15) is 0 Å². The molecule has 9 heteroatoms. The molecule has 4 rings (SSSR count). The van der Waals surface area contributed by atoms with Gasteiger partial charge in [-0.05, 0) is 30.7 Å². The quantitative estimate of drug-likeness (QED) is 0.729. The molecule has 2 N–H and O–H groups in total. The van der Waals surface area contributed by atoms with Gasteiger partial charge in [0.15, 0.2) is 0 Å². The molecular weight excluding hydrogens is 401 g/mol.